The Morgan fingerprint density at radius 3 is 2.21 bits per heavy atom. The Kier molecular flexibility index (Phi) is 2.23. The Labute approximate surface area is 84.2 Å². The zero-order valence-electron chi connectivity index (χ0n) is 8.20. The molecule has 2 rings (SSSR count). The fourth-order valence-electron chi connectivity index (χ4n) is 1.49. The molecular weight excluding hydrogens is 170 g/mol. The highest BCUT2D eigenvalue weighted by Crippen LogP contribution is 2.22. The summed E-state index contributed by atoms with van der Waals surface area (Å²) in [5.41, 5.74) is 10.2. The van der Waals surface area contributed by atoms with Gasteiger partial charge in [0.1, 0.15) is 0 Å². The molecule has 0 fully saturated rings. The van der Waals surface area contributed by atoms with Gasteiger partial charge in [-0.25, -0.2) is 0 Å². The lowest BCUT2D eigenvalue weighted by Gasteiger charge is -2.04. The molecule has 0 aliphatic rings. The van der Waals surface area contributed by atoms with Crippen LogP contribution in [-0.2, 0) is 0 Å². The molecule has 0 unspecified atom stereocenters. The number of hydrogen-bond acceptors (Lipinski definition) is 1. The van der Waals surface area contributed by atoms with E-state index in [0.29, 0.717) is 0 Å². The molecule has 0 heterocycles. The molecule has 1 nitrogen and oxygen atoms in total. The molecule has 0 aromatic heterocycles. The summed E-state index contributed by atoms with van der Waals surface area (Å²) in [7, 11) is 0. The van der Waals surface area contributed by atoms with Gasteiger partial charge in [-0.2, -0.15) is 0 Å². The third-order valence-corrected chi connectivity index (χ3v) is 2.38. The van der Waals surface area contributed by atoms with E-state index in [1.807, 2.05) is 31.2 Å². The van der Waals surface area contributed by atoms with E-state index >= 15 is 0 Å². The molecule has 70 valence electrons. The van der Waals surface area contributed by atoms with E-state index in [-0.39, 0.29) is 0 Å². The summed E-state index contributed by atoms with van der Waals surface area (Å²) in [6, 6.07) is 16.4. The van der Waals surface area contributed by atoms with E-state index in [2.05, 4.69) is 24.3 Å². The molecule has 0 aliphatic carbocycles. The van der Waals surface area contributed by atoms with Gasteiger partial charge in [0.2, 0.25) is 0 Å². The molecule has 2 N–H and O–H groups in total. The number of aryl methyl sites for hydroxylation is 1. The number of benzene rings is 2. The van der Waals surface area contributed by atoms with Crippen LogP contribution in [0.15, 0.2) is 48.5 Å². The Morgan fingerprint density at radius 1 is 0.857 bits per heavy atom. The Bertz CT molecular complexity index is 432. The zero-order chi connectivity index (χ0) is 9.97. The average molecular weight is 183 g/mol. The molecule has 0 saturated carbocycles. The molecule has 0 spiro atoms. The number of nitrogen functional groups attached to an aromatic ring is 1. The Morgan fingerprint density at radius 2 is 1.57 bits per heavy atom. The van der Waals surface area contributed by atoms with Crippen LogP contribution < -0.4 is 5.73 Å². The largest absolute Gasteiger partial charge is 0.399 e. The van der Waals surface area contributed by atoms with Crippen molar-refractivity contribution in [3.8, 4) is 11.1 Å². The van der Waals surface area contributed by atoms with Crippen LogP contribution in [0, 0.1) is 6.92 Å². The number of anilines is 1. The zero-order valence-corrected chi connectivity index (χ0v) is 8.20. The molecular formula is C13H13N. The maximum absolute atomic E-state index is 5.77. The third kappa shape index (κ3) is 1.62. The van der Waals surface area contributed by atoms with Crippen molar-refractivity contribution in [2.24, 2.45) is 0 Å². The van der Waals surface area contributed by atoms with Gasteiger partial charge in [0.05, 0.1) is 0 Å². The highest BCUT2D eigenvalue weighted by molar-refractivity contribution is 5.67. The van der Waals surface area contributed by atoms with E-state index in [4.69, 9.17) is 5.73 Å². The minimum Gasteiger partial charge on any atom is -0.399 e. The van der Waals surface area contributed by atoms with Crippen molar-refractivity contribution in [3.05, 3.63) is 54.1 Å². The van der Waals surface area contributed by atoms with Crippen molar-refractivity contribution in [1.82, 2.24) is 0 Å². The van der Waals surface area contributed by atoms with Crippen LogP contribution in [0.3, 0.4) is 0 Å². The number of hydrogen-bond donors (Lipinski definition) is 1. The molecule has 0 bridgehead atoms. The maximum atomic E-state index is 5.77. The van der Waals surface area contributed by atoms with E-state index in [1.54, 1.807) is 0 Å². The van der Waals surface area contributed by atoms with Gasteiger partial charge in [-0.05, 0) is 35.7 Å². The van der Waals surface area contributed by atoms with Crippen molar-refractivity contribution >= 4 is 5.69 Å². The van der Waals surface area contributed by atoms with E-state index in [9.17, 15) is 0 Å². The SMILES string of the molecule is Cc1cc(-c2ccccc2)ccc1N. The quantitative estimate of drug-likeness (QED) is 0.675. The van der Waals surface area contributed by atoms with Crippen molar-refractivity contribution in [3.63, 3.8) is 0 Å². The van der Waals surface area contributed by atoms with Crippen LogP contribution in [0.25, 0.3) is 11.1 Å². The standard InChI is InChI=1S/C13H13N/c1-10-9-12(7-8-13(10)14)11-5-3-2-4-6-11/h2-9H,14H2,1H3. The molecule has 2 aromatic carbocycles. The summed E-state index contributed by atoms with van der Waals surface area (Å²) >= 11 is 0. The molecule has 2 aromatic rings. The Balaban J connectivity index is 2.48. The normalized spacial score (nSPS) is 10.1. The van der Waals surface area contributed by atoms with Crippen LogP contribution >= 0.6 is 0 Å². The second-order valence-electron chi connectivity index (χ2n) is 3.44. The van der Waals surface area contributed by atoms with Crippen LogP contribution in [0.2, 0.25) is 0 Å². The fourth-order valence-corrected chi connectivity index (χ4v) is 1.49. The predicted octanol–water partition coefficient (Wildman–Crippen LogP) is 3.24. The molecule has 0 radical (unpaired) electrons. The lowest BCUT2D eigenvalue weighted by atomic mass is 10.0. The predicted molar refractivity (Wildman–Crippen MR) is 61.0 cm³/mol. The van der Waals surface area contributed by atoms with E-state index in [1.165, 1.54) is 11.1 Å². The molecule has 0 saturated heterocycles. The van der Waals surface area contributed by atoms with Crippen molar-refractivity contribution in [2.75, 3.05) is 5.73 Å². The monoisotopic (exact) mass is 183 g/mol. The summed E-state index contributed by atoms with van der Waals surface area (Å²) in [6.45, 7) is 2.03. The summed E-state index contributed by atoms with van der Waals surface area (Å²) < 4.78 is 0. The van der Waals surface area contributed by atoms with E-state index in [0.717, 1.165) is 11.3 Å². The summed E-state index contributed by atoms with van der Waals surface area (Å²) in [5.74, 6) is 0. The van der Waals surface area contributed by atoms with Crippen LogP contribution in [0.4, 0.5) is 5.69 Å². The maximum Gasteiger partial charge on any atom is 0.0344 e. The lowest BCUT2D eigenvalue weighted by molar-refractivity contribution is 1.46. The number of rotatable bonds is 1. The second-order valence-corrected chi connectivity index (χ2v) is 3.44. The molecule has 1 heteroatoms. The van der Waals surface area contributed by atoms with Gasteiger partial charge in [-0.3, -0.25) is 0 Å². The smallest absolute Gasteiger partial charge is 0.0344 e. The van der Waals surface area contributed by atoms with Gasteiger partial charge in [-0.15, -0.1) is 0 Å². The summed E-state index contributed by atoms with van der Waals surface area (Å²) in [6.07, 6.45) is 0. The lowest BCUT2D eigenvalue weighted by Crippen LogP contribution is -1.89. The highest BCUT2D eigenvalue weighted by Gasteiger charge is 1.98. The minimum atomic E-state index is 0.852. The number of nitrogens with two attached hydrogens (primary N) is 1. The highest BCUT2D eigenvalue weighted by atomic mass is 14.5. The summed E-state index contributed by atoms with van der Waals surface area (Å²) in [5, 5.41) is 0. The molecule has 0 atom stereocenters. The third-order valence-electron chi connectivity index (χ3n) is 2.38. The molecule has 0 amide bonds. The second kappa shape index (κ2) is 3.54. The van der Waals surface area contributed by atoms with E-state index < -0.39 is 0 Å². The van der Waals surface area contributed by atoms with Gasteiger partial charge in [0.25, 0.3) is 0 Å². The first-order valence-electron chi connectivity index (χ1n) is 4.69. The first-order valence-corrected chi connectivity index (χ1v) is 4.69. The van der Waals surface area contributed by atoms with Crippen LogP contribution in [0.5, 0.6) is 0 Å². The van der Waals surface area contributed by atoms with Gasteiger partial charge < -0.3 is 5.73 Å². The molecule has 0 aliphatic heterocycles. The van der Waals surface area contributed by atoms with Crippen molar-refractivity contribution in [2.45, 2.75) is 6.92 Å². The van der Waals surface area contributed by atoms with Gasteiger partial charge in [0.15, 0.2) is 0 Å². The van der Waals surface area contributed by atoms with Crippen LogP contribution in [0.1, 0.15) is 5.56 Å². The van der Waals surface area contributed by atoms with Gasteiger partial charge >= 0.3 is 0 Å². The first kappa shape index (κ1) is 8.82. The van der Waals surface area contributed by atoms with Crippen molar-refractivity contribution < 1.29 is 0 Å². The topological polar surface area (TPSA) is 26.0 Å². The fraction of sp³-hybridized carbons (Fsp3) is 0.0769. The first-order chi connectivity index (χ1) is 6.77. The van der Waals surface area contributed by atoms with Crippen molar-refractivity contribution in [1.29, 1.82) is 0 Å². The average Bonchev–Trinajstić information content (AvgIpc) is 2.23. The summed E-state index contributed by atoms with van der Waals surface area (Å²) in [4.78, 5) is 0. The Hall–Kier alpha value is -1.76. The molecule has 14 heavy (non-hydrogen) atoms. The minimum absolute atomic E-state index is 0.852. The van der Waals surface area contributed by atoms with Crippen LogP contribution in [-0.4, -0.2) is 0 Å². The van der Waals surface area contributed by atoms with Gasteiger partial charge in [-0.1, -0.05) is 36.4 Å². The van der Waals surface area contributed by atoms with Gasteiger partial charge in [0, 0.05) is 5.69 Å².